The van der Waals surface area contributed by atoms with Gasteiger partial charge in [0.25, 0.3) is 0 Å². The Morgan fingerprint density at radius 2 is 1.80 bits per heavy atom. The smallest absolute Gasteiger partial charge is 0.120 e. The summed E-state index contributed by atoms with van der Waals surface area (Å²) in [6.45, 7) is 0.496. The minimum Gasteiger partial charge on any atom is -0.497 e. The van der Waals surface area contributed by atoms with Crippen LogP contribution in [-0.2, 0) is 6.61 Å². The Balaban J connectivity index is 1.78. The zero-order valence-corrected chi connectivity index (χ0v) is 11.2. The van der Waals surface area contributed by atoms with Crippen molar-refractivity contribution < 1.29 is 9.47 Å². The largest absolute Gasteiger partial charge is 0.497 e. The molecule has 0 radical (unpaired) electrons. The van der Waals surface area contributed by atoms with Crippen LogP contribution in [0.4, 0.5) is 5.69 Å². The molecule has 0 aliphatic carbocycles. The van der Waals surface area contributed by atoms with Crippen molar-refractivity contribution in [2.24, 2.45) is 0 Å². The molecule has 1 heterocycles. The van der Waals surface area contributed by atoms with Gasteiger partial charge in [0.05, 0.1) is 18.3 Å². The molecule has 0 bridgehead atoms. The molecule has 0 fully saturated rings. The van der Waals surface area contributed by atoms with E-state index >= 15 is 0 Å². The summed E-state index contributed by atoms with van der Waals surface area (Å²) in [5.41, 5.74) is 8.72. The summed E-state index contributed by atoms with van der Waals surface area (Å²) in [6, 6.07) is 13.4. The molecule has 4 nitrogen and oxygen atoms in total. The molecule has 20 heavy (non-hydrogen) atoms. The first-order valence-corrected chi connectivity index (χ1v) is 6.39. The van der Waals surface area contributed by atoms with E-state index in [2.05, 4.69) is 4.98 Å². The molecule has 0 saturated heterocycles. The van der Waals surface area contributed by atoms with Gasteiger partial charge in [-0.05, 0) is 30.3 Å². The maximum absolute atomic E-state index is 5.92. The van der Waals surface area contributed by atoms with Crippen LogP contribution in [0.15, 0.2) is 48.7 Å². The fraction of sp³-hybridized carbons (Fsp3) is 0.125. The predicted octanol–water partition coefficient (Wildman–Crippen LogP) is 3.34. The Kier molecular flexibility index (Phi) is 3.21. The molecule has 0 amide bonds. The fourth-order valence-corrected chi connectivity index (χ4v) is 2.19. The van der Waals surface area contributed by atoms with Crippen molar-refractivity contribution in [1.82, 2.24) is 4.98 Å². The van der Waals surface area contributed by atoms with Crippen LogP contribution in [0.3, 0.4) is 0 Å². The summed E-state index contributed by atoms with van der Waals surface area (Å²) in [4.78, 5) is 3.19. The first-order valence-electron chi connectivity index (χ1n) is 6.39. The molecule has 2 aromatic carbocycles. The van der Waals surface area contributed by atoms with Crippen molar-refractivity contribution in [3.05, 3.63) is 54.2 Å². The van der Waals surface area contributed by atoms with E-state index in [0.717, 1.165) is 33.7 Å². The van der Waals surface area contributed by atoms with Crippen molar-refractivity contribution in [1.29, 1.82) is 0 Å². The molecule has 0 atom stereocenters. The van der Waals surface area contributed by atoms with Gasteiger partial charge in [-0.2, -0.15) is 0 Å². The number of para-hydroxylation sites is 1. The minimum absolute atomic E-state index is 0.496. The van der Waals surface area contributed by atoms with Crippen LogP contribution in [0.5, 0.6) is 11.5 Å². The summed E-state index contributed by atoms with van der Waals surface area (Å²) in [6.07, 6.45) is 1.94. The SMILES string of the molecule is COc1ccc(OCc2c[nH]c3c(N)cccc23)cc1. The molecule has 102 valence electrons. The Hall–Kier alpha value is -2.62. The van der Waals surface area contributed by atoms with Crippen LogP contribution in [-0.4, -0.2) is 12.1 Å². The van der Waals surface area contributed by atoms with E-state index in [9.17, 15) is 0 Å². The molecule has 3 N–H and O–H groups in total. The molecular formula is C16H16N2O2. The van der Waals surface area contributed by atoms with Gasteiger partial charge in [-0.3, -0.25) is 0 Å². The number of methoxy groups -OCH3 is 1. The molecule has 3 aromatic rings. The quantitative estimate of drug-likeness (QED) is 0.713. The first kappa shape index (κ1) is 12.4. The van der Waals surface area contributed by atoms with Gasteiger partial charge in [0, 0.05) is 17.1 Å². The first-order chi connectivity index (χ1) is 9.78. The third-order valence-corrected chi connectivity index (χ3v) is 3.29. The van der Waals surface area contributed by atoms with Crippen molar-refractivity contribution in [2.45, 2.75) is 6.61 Å². The number of hydrogen-bond donors (Lipinski definition) is 2. The van der Waals surface area contributed by atoms with Gasteiger partial charge in [-0.15, -0.1) is 0 Å². The van der Waals surface area contributed by atoms with Gasteiger partial charge >= 0.3 is 0 Å². The molecule has 0 unspecified atom stereocenters. The predicted molar refractivity (Wildman–Crippen MR) is 80.0 cm³/mol. The lowest BCUT2D eigenvalue weighted by Crippen LogP contribution is -1.94. The number of nitrogens with two attached hydrogens (primary N) is 1. The summed E-state index contributed by atoms with van der Waals surface area (Å²) in [5.74, 6) is 1.63. The number of benzene rings is 2. The van der Waals surface area contributed by atoms with Crippen LogP contribution in [0.2, 0.25) is 0 Å². The Labute approximate surface area is 117 Å². The number of H-pyrrole nitrogens is 1. The number of nitrogen functional groups attached to an aromatic ring is 1. The van der Waals surface area contributed by atoms with Crippen LogP contribution in [0.1, 0.15) is 5.56 Å². The van der Waals surface area contributed by atoms with Crippen LogP contribution in [0.25, 0.3) is 10.9 Å². The molecule has 3 rings (SSSR count). The molecule has 4 heteroatoms. The van der Waals surface area contributed by atoms with Crippen LogP contribution < -0.4 is 15.2 Å². The van der Waals surface area contributed by atoms with Gasteiger partial charge in [-0.25, -0.2) is 0 Å². The molecule has 0 aliphatic heterocycles. The van der Waals surface area contributed by atoms with Gasteiger partial charge < -0.3 is 20.2 Å². The highest BCUT2D eigenvalue weighted by Gasteiger charge is 2.06. The average Bonchev–Trinajstić information content (AvgIpc) is 2.90. The summed E-state index contributed by atoms with van der Waals surface area (Å²) in [7, 11) is 1.65. The van der Waals surface area contributed by atoms with Crippen molar-refractivity contribution in [3.63, 3.8) is 0 Å². The Bertz CT molecular complexity index is 717. The monoisotopic (exact) mass is 268 g/mol. The molecule has 1 aromatic heterocycles. The summed E-state index contributed by atoms with van der Waals surface area (Å²) >= 11 is 0. The molecule has 0 aliphatic rings. The topological polar surface area (TPSA) is 60.3 Å². The number of anilines is 1. The lowest BCUT2D eigenvalue weighted by molar-refractivity contribution is 0.307. The highest BCUT2D eigenvalue weighted by atomic mass is 16.5. The van der Waals surface area contributed by atoms with Gasteiger partial charge in [0.1, 0.15) is 18.1 Å². The van der Waals surface area contributed by atoms with Gasteiger partial charge in [0.2, 0.25) is 0 Å². The van der Waals surface area contributed by atoms with E-state index in [0.29, 0.717) is 6.61 Å². The number of nitrogens with one attached hydrogen (secondary N) is 1. The molecule has 0 saturated carbocycles. The fourth-order valence-electron chi connectivity index (χ4n) is 2.19. The van der Waals surface area contributed by atoms with Crippen molar-refractivity contribution >= 4 is 16.6 Å². The number of aromatic nitrogens is 1. The van der Waals surface area contributed by atoms with E-state index in [-0.39, 0.29) is 0 Å². The Morgan fingerprint density at radius 3 is 2.55 bits per heavy atom. The van der Waals surface area contributed by atoms with Crippen molar-refractivity contribution in [3.8, 4) is 11.5 Å². The zero-order valence-electron chi connectivity index (χ0n) is 11.2. The van der Waals surface area contributed by atoms with Crippen molar-refractivity contribution in [2.75, 3.05) is 12.8 Å². The summed E-state index contributed by atoms with van der Waals surface area (Å²) < 4.78 is 10.9. The van der Waals surface area contributed by atoms with Crippen LogP contribution in [0, 0.1) is 0 Å². The lowest BCUT2D eigenvalue weighted by atomic mass is 10.1. The second-order valence-electron chi connectivity index (χ2n) is 4.55. The molecular weight excluding hydrogens is 252 g/mol. The van der Waals surface area contributed by atoms with E-state index in [1.807, 2.05) is 48.7 Å². The average molecular weight is 268 g/mol. The third-order valence-electron chi connectivity index (χ3n) is 3.29. The number of rotatable bonds is 4. The third kappa shape index (κ3) is 2.28. The van der Waals surface area contributed by atoms with Gasteiger partial charge in [-0.1, -0.05) is 12.1 Å². The highest BCUT2D eigenvalue weighted by Crippen LogP contribution is 2.25. The van der Waals surface area contributed by atoms with E-state index in [1.54, 1.807) is 7.11 Å². The number of ether oxygens (including phenoxy) is 2. The second-order valence-corrected chi connectivity index (χ2v) is 4.55. The minimum atomic E-state index is 0.496. The normalized spacial score (nSPS) is 10.7. The van der Waals surface area contributed by atoms with Gasteiger partial charge in [0.15, 0.2) is 0 Å². The number of hydrogen-bond acceptors (Lipinski definition) is 3. The van der Waals surface area contributed by atoms with E-state index in [4.69, 9.17) is 15.2 Å². The zero-order chi connectivity index (χ0) is 13.9. The second kappa shape index (κ2) is 5.17. The lowest BCUT2D eigenvalue weighted by Gasteiger charge is -2.06. The van der Waals surface area contributed by atoms with Crippen LogP contribution >= 0.6 is 0 Å². The van der Waals surface area contributed by atoms with E-state index in [1.165, 1.54) is 0 Å². The maximum atomic E-state index is 5.92. The van der Waals surface area contributed by atoms with E-state index < -0.39 is 0 Å². The number of aromatic amines is 1. The maximum Gasteiger partial charge on any atom is 0.120 e. The summed E-state index contributed by atoms with van der Waals surface area (Å²) in [5, 5.41) is 1.10. The Morgan fingerprint density at radius 1 is 1.05 bits per heavy atom. The highest BCUT2D eigenvalue weighted by molar-refractivity contribution is 5.92. The number of fused-ring (bicyclic) bond motifs is 1. The molecule has 0 spiro atoms. The standard InChI is InChI=1S/C16H16N2O2/c1-19-12-5-7-13(8-6-12)20-10-11-9-18-16-14(11)3-2-4-15(16)17/h2-9,18H,10,17H2,1H3.